The molecule has 0 bridgehead atoms. The van der Waals surface area contributed by atoms with Crippen LogP contribution in [0.25, 0.3) is 0 Å². The Morgan fingerprint density at radius 2 is 2.07 bits per heavy atom. The van der Waals surface area contributed by atoms with Gasteiger partial charge in [0.15, 0.2) is 0 Å². The normalized spacial score (nSPS) is 38.8. The minimum atomic E-state index is 0.560. The van der Waals surface area contributed by atoms with Crippen molar-refractivity contribution in [2.24, 2.45) is 11.8 Å². The molecule has 0 aromatic heterocycles. The van der Waals surface area contributed by atoms with Crippen LogP contribution in [0, 0.1) is 11.8 Å². The Labute approximate surface area is 87.4 Å². The summed E-state index contributed by atoms with van der Waals surface area (Å²) >= 11 is 0. The summed E-state index contributed by atoms with van der Waals surface area (Å²) in [6.07, 6.45) is 7.31. The van der Waals surface area contributed by atoms with E-state index in [1.165, 1.54) is 45.2 Å². The smallest absolute Gasteiger partial charge is 0.0600 e. The molecule has 0 aromatic carbocycles. The van der Waals surface area contributed by atoms with Crippen LogP contribution in [0.2, 0.25) is 0 Å². The maximum absolute atomic E-state index is 6.04. The van der Waals surface area contributed by atoms with Gasteiger partial charge in [0.1, 0.15) is 0 Å². The SMILES string of the molecule is CC1CCCCC1OCC1CCNC1. The van der Waals surface area contributed by atoms with Gasteiger partial charge in [0, 0.05) is 6.54 Å². The summed E-state index contributed by atoms with van der Waals surface area (Å²) in [5.74, 6) is 1.57. The molecule has 1 saturated carbocycles. The van der Waals surface area contributed by atoms with Gasteiger partial charge in [0.05, 0.1) is 12.7 Å². The maximum Gasteiger partial charge on any atom is 0.0600 e. The lowest BCUT2D eigenvalue weighted by atomic mass is 9.88. The average Bonchev–Trinajstić information content (AvgIpc) is 2.69. The number of ether oxygens (including phenoxy) is 1. The third kappa shape index (κ3) is 2.71. The fraction of sp³-hybridized carbons (Fsp3) is 1.00. The number of rotatable bonds is 3. The monoisotopic (exact) mass is 197 g/mol. The van der Waals surface area contributed by atoms with E-state index >= 15 is 0 Å². The van der Waals surface area contributed by atoms with Crippen molar-refractivity contribution in [1.82, 2.24) is 5.32 Å². The van der Waals surface area contributed by atoms with E-state index in [4.69, 9.17) is 4.74 Å². The largest absolute Gasteiger partial charge is 0.378 e. The first-order valence-electron chi connectivity index (χ1n) is 6.18. The van der Waals surface area contributed by atoms with E-state index < -0.39 is 0 Å². The molecule has 2 heteroatoms. The molecule has 1 N–H and O–H groups in total. The van der Waals surface area contributed by atoms with E-state index in [0.717, 1.165) is 18.4 Å². The topological polar surface area (TPSA) is 21.3 Å². The third-order valence-corrected chi connectivity index (χ3v) is 3.74. The molecule has 0 aromatic rings. The van der Waals surface area contributed by atoms with E-state index in [1.807, 2.05) is 0 Å². The van der Waals surface area contributed by atoms with Crippen LogP contribution in [0.4, 0.5) is 0 Å². The Hall–Kier alpha value is -0.0800. The van der Waals surface area contributed by atoms with Crippen LogP contribution in [0.15, 0.2) is 0 Å². The first kappa shape index (κ1) is 10.4. The quantitative estimate of drug-likeness (QED) is 0.749. The summed E-state index contributed by atoms with van der Waals surface area (Å²) in [5.41, 5.74) is 0. The summed E-state index contributed by atoms with van der Waals surface area (Å²) in [4.78, 5) is 0. The van der Waals surface area contributed by atoms with E-state index in [-0.39, 0.29) is 0 Å². The Bertz CT molecular complexity index is 166. The lowest BCUT2D eigenvalue weighted by Gasteiger charge is -2.29. The summed E-state index contributed by atoms with van der Waals surface area (Å²) in [6, 6.07) is 0. The molecule has 1 heterocycles. The molecule has 0 amide bonds. The highest BCUT2D eigenvalue weighted by atomic mass is 16.5. The number of hydrogen-bond acceptors (Lipinski definition) is 2. The molecule has 82 valence electrons. The molecule has 1 saturated heterocycles. The molecule has 2 rings (SSSR count). The highest BCUT2D eigenvalue weighted by Gasteiger charge is 2.23. The Morgan fingerprint density at radius 3 is 2.79 bits per heavy atom. The Morgan fingerprint density at radius 1 is 1.21 bits per heavy atom. The third-order valence-electron chi connectivity index (χ3n) is 3.74. The molecule has 3 unspecified atom stereocenters. The van der Waals surface area contributed by atoms with Crippen molar-refractivity contribution in [3.63, 3.8) is 0 Å². The van der Waals surface area contributed by atoms with Crippen LogP contribution in [-0.4, -0.2) is 25.8 Å². The highest BCUT2D eigenvalue weighted by Crippen LogP contribution is 2.27. The molecule has 2 aliphatic rings. The first-order chi connectivity index (χ1) is 6.86. The van der Waals surface area contributed by atoms with Gasteiger partial charge in [0.25, 0.3) is 0 Å². The minimum absolute atomic E-state index is 0.560. The van der Waals surface area contributed by atoms with Crippen LogP contribution in [-0.2, 0) is 4.74 Å². The first-order valence-corrected chi connectivity index (χ1v) is 6.18. The maximum atomic E-state index is 6.04. The van der Waals surface area contributed by atoms with Crippen LogP contribution >= 0.6 is 0 Å². The van der Waals surface area contributed by atoms with Crippen molar-refractivity contribution < 1.29 is 4.74 Å². The average molecular weight is 197 g/mol. The zero-order valence-electron chi connectivity index (χ0n) is 9.30. The van der Waals surface area contributed by atoms with Gasteiger partial charge in [0.2, 0.25) is 0 Å². The Balaban J connectivity index is 1.67. The van der Waals surface area contributed by atoms with E-state index in [1.54, 1.807) is 0 Å². The molecule has 0 spiro atoms. The predicted octanol–water partition coefficient (Wildman–Crippen LogP) is 2.19. The van der Waals surface area contributed by atoms with Gasteiger partial charge in [-0.1, -0.05) is 19.8 Å². The van der Waals surface area contributed by atoms with Crippen molar-refractivity contribution in [2.45, 2.75) is 45.1 Å². The molecule has 0 radical (unpaired) electrons. The van der Waals surface area contributed by atoms with Gasteiger partial charge in [-0.25, -0.2) is 0 Å². The minimum Gasteiger partial charge on any atom is -0.378 e. The zero-order chi connectivity index (χ0) is 9.80. The van der Waals surface area contributed by atoms with Crippen LogP contribution in [0.1, 0.15) is 39.0 Å². The number of hydrogen-bond donors (Lipinski definition) is 1. The van der Waals surface area contributed by atoms with E-state index in [2.05, 4.69) is 12.2 Å². The molecule has 14 heavy (non-hydrogen) atoms. The van der Waals surface area contributed by atoms with Gasteiger partial charge in [-0.3, -0.25) is 0 Å². The van der Waals surface area contributed by atoms with Crippen LogP contribution in [0.5, 0.6) is 0 Å². The number of nitrogens with one attached hydrogen (secondary N) is 1. The standard InChI is InChI=1S/C12H23NO/c1-10-4-2-3-5-12(10)14-9-11-6-7-13-8-11/h10-13H,2-9H2,1H3. The van der Waals surface area contributed by atoms with Crippen molar-refractivity contribution in [1.29, 1.82) is 0 Å². The summed E-state index contributed by atoms with van der Waals surface area (Å²) in [5, 5.41) is 3.39. The van der Waals surface area contributed by atoms with Gasteiger partial charge < -0.3 is 10.1 Å². The molecule has 1 aliphatic heterocycles. The molecule has 2 nitrogen and oxygen atoms in total. The fourth-order valence-corrected chi connectivity index (χ4v) is 2.65. The lowest BCUT2D eigenvalue weighted by molar-refractivity contribution is -0.0191. The summed E-state index contributed by atoms with van der Waals surface area (Å²) in [7, 11) is 0. The van der Waals surface area contributed by atoms with E-state index in [9.17, 15) is 0 Å². The van der Waals surface area contributed by atoms with Crippen molar-refractivity contribution in [3.05, 3.63) is 0 Å². The Kier molecular flexibility index (Phi) is 3.82. The molecule has 3 atom stereocenters. The molecule has 2 fully saturated rings. The van der Waals surface area contributed by atoms with Crippen molar-refractivity contribution in [3.8, 4) is 0 Å². The highest BCUT2D eigenvalue weighted by molar-refractivity contribution is 4.75. The van der Waals surface area contributed by atoms with Gasteiger partial charge in [-0.15, -0.1) is 0 Å². The van der Waals surface area contributed by atoms with Crippen molar-refractivity contribution in [2.75, 3.05) is 19.7 Å². The zero-order valence-corrected chi connectivity index (χ0v) is 9.30. The lowest BCUT2D eigenvalue weighted by Crippen LogP contribution is -2.28. The van der Waals surface area contributed by atoms with Crippen molar-refractivity contribution >= 4 is 0 Å². The molecule has 1 aliphatic carbocycles. The van der Waals surface area contributed by atoms with Gasteiger partial charge in [-0.05, 0) is 37.6 Å². The predicted molar refractivity (Wildman–Crippen MR) is 58.3 cm³/mol. The van der Waals surface area contributed by atoms with Gasteiger partial charge in [-0.2, -0.15) is 0 Å². The summed E-state index contributed by atoms with van der Waals surface area (Å²) in [6.45, 7) is 5.69. The second-order valence-electron chi connectivity index (χ2n) is 4.99. The molecular weight excluding hydrogens is 174 g/mol. The second kappa shape index (κ2) is 5.13. The van der Waals surface area contributed by atoms with Crippen LogP contribution in [0.3, 0.4) is 0 Å². The fourth-order valence-electron chi connectivity index (χ4n) is 2.65. The van der Waals surface area contributed by atoms with Gasteiger partial charge >= 0.3 is 0 Å². The second-order valence-corrected chi connectivity index (χ2v) is 4.99. The van der Waals surface area contributed by atoms with Crippen LogP contribution < -0.4 is 5.32 Å². The molecular formula is C12H23NO. The van der Waals surface area contributed by atoms with E-state index in [0.29, 0.717) is 6.10 Å². The summed E-state index contributed by atoms with van der Waals surface area (Å²) < 4.78 is 6.04.